The number of halogens is 6. The van der Waals surface area contributed by atoms with Gasteiger partial charge < -0.3 is 14.6 Å². The molecule has 8 nitrogen and oxygen atoms in total. The molecule has 1 amide bonds. The van der Waals surface area contributed by atoms with Gasteiger partial charge in [0.1, 0.15) is 17.7 Å². The normalized spacial score (nSPS) is 16.6. The first-order valence-corrected chi connectivity index (χ1v) is 14.7. The highest BCUT2D eigenvalue weighted by Crippen LogP contribution is 2.42. The van der Waals surface area contributed by atoms with Gasteiger partial charge in [0.15, 0.2) is 0 Å². The highest BCUT2D eigenvalue weighted by molar-refractivity contribution is 5.89. The molecule has 252 valence electrons. The number of carboxylic acids is 1. The van der Waals surface area contributed by atoms with E-state index >= 15 is 0 Å². The van der Waals surface area contributed by atoms with Crippen LogP contribution in [0.4, 0.5) is 31.1 Å². The minimum Gasteiger partial charge on any atom is -0.496 e. The van der Waals surface area contributed by atoms with E-state index in [2.05, 4.69) is 9.97 Å². The number of benzene rings is 3. The number of aromatic nitrogens is 2. The van der Waals surface area contributed by atoms with Gasteiger partial charge in [0, 0.05) is 23.7 Å². The number of hydrogen-bond acceptors (Lipinski definition) is 6. The molecule has 2 heterocycles. The predicted molar refractivity (Wildman–Crippen MR) is 161 cm³/mol. The van der Waals surface area contributed by atoms with E-state index in [0.717, 1.165) is 5.56 Å². The topological polar surface area (TPSA) is 102 Å². The summed E-state index contributed by atoms with van der Waals surface area (Å²) >= 11 is 0. The maximum Gasteiger partial charge on any atom is 0.416 e. The zero-order valence-electron chi connectivity index (χ0n) is 26.0. The smallest absolute Gasteiger partial charge is 0.416 e. The summed E-state index contributed by atoms with van der Waals surface area (Å²) in [5.74, 6) is -0.219. The first-order chi connectivity index (χ1) is 22.5. The molecule has 5 rings (SSSR count). The Balaban J connectivity index is 1.55. The molecule has 4 aromatic rings. The van der Waals surface area contributed by atoms with E-state index < -0.39 is 53.3 Å². The van der Waals surface area contributed by atoms with Crippen molar-refractivity contribution in [2.24, 2.45) is 0 Å². The van der Waals surface area contributed by atoms with Gasteiger partial charge in [-0.2, -0.15) is 26.3 Å². The van der Waals surface area contributed by atoms with Crippen LogP contribution in [0, 0.1) is 6.92 Å². The molecule has 48 heavy (non-hydrogen) atoms. The second kappa shape index (κ2) is 12.8. The summed E-state index contributed by atoms with van der Waals surface area (Å²) in [7, 11) is 1.46. The van der Waals surface area contributed by atoms with Crippen molar-refractivity contribution in [2.75, 3.05) is 7.11 Å². The van der Waals surface area contributed by atoms with E-state index in [0.29, 0.717) is 58.1 Å². The molecule has 14 heteroatoms. The Kier molecular flexibility index (Phi) is 9.13. The number of hydrogen-bond donors (Lipinski definition) is 1. The highest BCUT2D eigenvalue weighted by atomic mass is 19.4. The molecule has 1 N–H and O–H groups in total. The molecule has 0 bridgehead atoms. The van der Waals surface area contributed by atoms with E-state index in [1.54, 1.807) is 43.5 Å². The fourth-order valence-corrected chi connectivity index (χ4v) is 5.65. The van der Waals surface area contributed by atoms with E-state index in [1.165, 1.54) is 25.0 Å². The summed E-state index contributed by atoms with van der Waals surface area (Å²) < 4.78 is 92.5. The average molecular weight is 674 g/mol. The van der Waals surface area contributed by atoms with Crippen molar-refractivity contribution in [3.8, 4) is 28.0 Å². The molecule has 0 radical (unpaired) electrons. The number of methoxy groups -OCH3 is 1. The number of aromatic carboxylic acids is 1. The van der Waals surface area contributed by atoms with Crippen LogP contribution in [0.1, 0.15) is 64.1 Å². The fourth-order valence-electron chi connectivity index (χ4n) is 5.65. The van der Waals surface area contributed by atoms with Crippen LogP contribution in [0.3, 0.4) is 0 Å². The monoisotopic (exact) mass is 673 g/mol. The lowest BCUT2D eigenvalue weighted by Crippen LogP contribution is -2.32. The van der Waals surface area contributed by atoms with Crippen molar-refractivity contribution in [2.45, 2.75) is 58.2 Å². The van der Waals surface area contributed by atoms with Crippen molar-refractivity contribution in [3.05, 3.63) is 100 Å². The Morgan fingerprint density at radius 1 is 0.958 bits per heavy atom. The number of nitrogens with zero attached hydrogens (tertiary/aromatic N) is 3. The fraction of sp³-hybridized carbons (Fsp3) is 0.294. The third-order valence-electron chi connectivity index (χ3n) is 8.16. The van der Waals surface area contributed by atoms with Crippen molar-refractivity contribution in [1.82, 2.24) is 14.9 Å². The summed E-state index contributed by atoms with van der Waals surface area (Å²) in [6, 6.07) is 10.2. The van der Waals surface area contributed by atoms with Gasteiger partial charge in [-0.3, -0.25) is 4.90 Å². The Morgan fingerprint density at radius 3 is 2.19 bits per heavy atom. The molecular formula is C34H29F6N3O5. The maximum absolute atomic E-state index is 13.6. The van der Waals surface area contributed by atoms with Crippen molar-refractivity contribution in [3.63, 3.8) is 0 Å². The van der Waals surface area contributed by atoms with Gasteiger partial charge in [0.2, 0.25) is 0 Å². The highest BCUT2D eigenvalue weighted by Gasteiger charge is 2.43. The van der Waals surface area contributed by atoms with E-state index in [-0.39, 0.29) is 18.2 Å². The zero-order chi connectivity index (χ0) is 35.1. The molecule has 0 saturated carbocycles. The minimum absolute atomic E-state index is 0.0195. The van der Waals surface area contributed by atoms with Crippen molar-refractivity contribution >= 4 is 12.1 Å². The largest absolute Gasteiger partial charge is 0.496 e. The lowest BCUT2D eigenvalue weighted by atomic mass is 9.94. The summed E-state index contributed by atoms with van der Waals surface area (Å²) in [6.45, 7) is 4.84. The van der Waals surface area contributed by atoms with Crippen molar-refractivity contribution in [1.29, 1.82) is 0 Å². The van der Waals surface area contributed by atoms with Gasteiger partial charge in [-0.1, -0.05) is 19.1 Å². The van der Waals surface area contributed by atoms with Crippen molar-refractivity contribution < 1.29 is 50.5 Å². The summed E-state index contributed by atoms with van der Waals surface area (Å²) in [6.07, 6.45) is -10.6. The Hall–Kier alpha value is -5.14. The third kappa shape index (κ3) is 6.78. The van der Waals surface area contributed by atoms with Gasteiger partial charge in [0.25, 0.3) is 0 Å². The lowest BCUT2D eigenvalue weighted by Gasteiger charge is -2.23. The predicted octanol–water partition coefficient (Wildman–Crippen LogP) is 8.51. The van der Waals surface area contributed by atoms with Crippen LogP contribution < -0.4 is 4.74 Å². The van der Waals surface area contributed by atoms with Gasteiger partial charge in [0.05, 0.1) is 42.1 Å². The Morgan fingerprint density at radius 2 is 1.62 bits per heavy atom. The van der Waals surface area contributed by atoms with Gasteiger partial charge in [-0.25, -0.2) is 19.6 Å². The van der Waals surface area contributed by atoms with E-state index in [4.69, 9.17) is 9.47 Å². The van der Waals surface area contributed by atoms with Crippen LogP contribution in [0.5, 0.6) is 5.75 Å². The zero-order valence-corrected chi connectivity index (χ0v) is 26.0. The van der Waals surface area contributed by atoms with E-state index in [9.17, 15) is 41.0 Å². The van der Waals surface area contributed by atoms with Crippen LogP contribution in [0.2, 0.25) is 0 Å². The molecule has 1 aliphatic heterocycles. The molecule has 1 aromatic heterocycles. The molecule has 1 saturated heterocycles. The number of alkyl halides is 6. The van der Waals surface area contributed by atoms with Crippen LogP contribution in [0.25, 0.3) is 22.3 Å². The first-order valence-electron chi connectivity index (χ1n) is 14.7. The molecule has 1 fully saturated rings. The average Bonchev–Trinajstić information content (AvgIpc) is 3.31. The molecule has 0 unspecified atom stereocenters. The second-order valence-electron chi connectivity index (χ2n) is 11.3. The van der Waals surface area contributed by atoms with Gasteiger partial charge in [-0.15, -0.1) is 0 Å². The quantitative estimate of drug-likeness (QED) is 0.187. The summed E-state index contributed by atoms with van der Waals surface area (Å²) in [5, 5.41) is 9.37. The molecule has 3 aromatic carbocycles. The third-order valence-corrected chi connectivity index (χ3v) is 8.16. The Bertz CT molecular complexity index is 1860. The van der Waals surface area contributed by atoms with Gasteiger partial charge >= 0.3 is 24.4 Å². The van der Waals surface area contributed by atoms with Crippen LogP contribution in [-0.2, 0) is 30.1 Å². The van der Waals surface area contributed by atoms with Gasteiger partial charge in [-0.05, 0) is 78.6 Å². The molecular weight excluding hydrogens is 644 g/mol. The van der Waals surface area contributed by atoms with Crippen LogP contribution in [0.15, 0.2) is 60.8 Å². The lowest BCUT2D eigenvalue weighted by molar-refractivity contribution is -0.143. The number of amides is 1. The number of rotatable bonds is 8. The Labute approximate surface area is 271 Å². The second-order valence-corrected chi connectivity index (χ2v) is 11.3. The molecule has 2 atom stereocenters. The number of cyclic esters (lactones) is 1. The SMILES string of the molecule is CCc1ncc(-c2cc(-c3ccc(C(=O)O)cc3C)ccc2OC)c(CN2C(=O)O[C@H](c3cc(C(F)(F)F)cc(C(F)(F)F)c3)[C@@H]2C)n1. The minimum atomic E-state index is -5.07. The number of aryl methyl sites for hydroxylation is 2. The summed E-state index contributed by atoms with van der Waals surface area (Å²) in [4.78, 5) is 34.9. The standard InChI is InChI=1S/C34H29F6N3O5/c1-5-29-41-15-26(25-13-19(7-9-28(25)47-4)24-8-6-20(31(44)45)10-17(24)2)27(42-29)16-43-18(3)30(48-32(43)46)21-11-22(33(35,36)37)14-23(12-21)34(38,39)40/h6-15,18,30H,5,16H2,1-4H3,(H,44,45)/t18-,30-/m0/s1. The van der Waals surface area contributed by atoms with E-state index in [1.807, 2.05) is 6.92 Å². The van der Waals surface area contributed by atoms with Crippen LogP contribution in [-0.4, -0.2) is 45.2 Å². The maximum atomic E-state index is 13.6. The van der Waals surface area contributed by atoms with Crippen LogP contribution >= 0.6 is 0 Å². The first kappa shape index (κ1) is 34.2. The summed E-state index contributed by atoms with van der Waals surface area (Å²) in [5.41, 5.74) is 0.119. The number of carbonyl (C=O) groups is 2. The molecule has 0 aliphatic carbocycles. The molecule has 0 spiro atoms. The number of ether oxygens (including phenoxy) is 2. The number of carbonyl (C=O) groups excluding carboxylic acids is 1. The number of carboxylic acid groups (broad SMARTS) is 1. The molecule has 1 aliphatic rings.